The van der Waals surface area contributed by atoms with E-state index in [1.165, 1.54) is 0 Å². The van der Waals surface area contributed by atoms with E-state index in [2.05, 4.69) is 21.7 Å². The van der Waals surface area contributed by atoms with Crippen molar-refractivity contribution in [2.75, 3.05) is 46.3 Å². The van der Waals surface area contributed by atoms with Crippen LogP contribution in [-0.2, 0) is 4.79 Å². The van der Waals surface area contributed by atoms with Gasteiger partial charge >= 0.3 is 0 Å². The van der Waals surface area contributed by atoms with Gasteiger partial charge in [0.15, 0.2) is 0 Å². The van der Waals surface area contributed by atoms with Crippen LogP contribution in [0.15, 0.2) is 12.7 Å². The fourth-order valence-electron chi connectivity index (χ4n) is 2.72. The molecule has 1 unspecified atom stereocenters. The van der Waals surface area contributed by atoms with Crippen LogP contribution >= 0.6 is 0 Å². The summed E-state index contributed by atoms with van der Waals surface area (Å²) in [6.45, 7) is 10.2. The van der Waals surface area contributed by atoms with Crippen molar-refractivity contribution in [3.63, 3.8) is 0 Å². The fraction of sp³-hybridized carbons (Fsp3) is 0.800. The zero-order valence-corrected chi connectivity index (χ0v) is 12.8. The molecule has 20 heavy (non-hydrogen) atoms. The number of carbonyl (C=O) groups excluding carboxylic acids is 1. The summed E-state index contributed by atoms with van der Waals surface area (Å²) in [5, 5.41) is 12.2. The van der Waals surface area contributed by atoms with Gasteiger partial charge < -0.3 is 15.3 Å². The number of nitrogens with one attached hydrogen (secondary N) is 1. The topological polar surface area (TPSA) is 55.8 Å². The predicted octanol–water partition coefficient (Wildman–Crippen LogP) is 0.313. The minimum Gasteiger partial charge on any atom is -0.392 e. The Kier molecular flexibility index (Phi) is 7.80. The third-order valence-corrected chi connectivity index (χ3v) is 3.66. The number of carbonyl (C=O) groups is 1. The SMILES string of the molecule is C=CCNC(=O)CN(C)CC1CCN(CC(C)O)CC1. The van der Waals surface area contributed by atoms with E-state index in [0.29, 0.717) is 19.0 Å². The summed E-state index contributed by atoms with van der Waals surface area (Å²) in [5.74, 6) is 0.705. The largest absolute Gasteiger partial charge is 0.392 e. The smallest absolute Gasteiger partial charge is 0.234 e. The van der Waals surface area contributed by atoms with Gasteiger partial charge in [0, 0.05) is 19.6 Å². The number of aliphatic hydroxyl groups is 1. The Morgan fingerprint density at radius 2 is 2.20 bits per heavy atom. The van der Waals surface area contributed by atoms with Crippen LogP contribution in [0.25, 0.3) is 0 Å². The minimum absolute atomic E-state index is 0.0546. The molecule has 5 nitrogen and oxygen atoms in total. The normalized spacial score (nSPS) is 19.0. The molecule has 0 spiro atoms. The van der Waals surface area contributed by atoms with Crippen LogP contribution in [0.4, 0.5) is 0 Å². The molecule has 2 N–H and O–H groups in total. The van der Waals surface area contributed by atoms with Gasteiger partial charge in [-0.15, -0.1) is 6.58 Å². The molecule has 1 fully saturated rings. The summed E-state index contributed by atoms with van der Waals surface area (Å²) >= 11 is 0. The van der Waals surface area contributed by atoms with E-state index in [4.69, 9.17) is 0 Å². The summed E-state index contributed by atoms with van der Waals surface area (Å²) in [6, 6.07) is 0. The summed E-state index contributed by atoms with van der Waals surface area (Å²) in [5.41, 5.74) is 0. The molecule has 0 radical (unpaired) electrons. The van der Waals surface area contributed by atoms with Gasteiger partial charge in [-0.05, 0) is 45.8 Å². The molecular formula is C15H29N3O2. The summed E-state index contributed by atoms with van der Waals surface area (Å²) < 4.78 is 0. The van der Waals surface area contributed by atoms with Gasteiger partial charge in [-0.1, -0.05) is 6.08 Å². The highest BCUT2D eigenvalue weighted by Gasteiger charge is 2.21. The Morgan fingerprint density at radius 1 is 1.55 bits per heavy atom. The Morgan fingerprint density at radius 3 is 2.75 bits per heavy atom. The van der Waals surface area contributed by atoms with Gasteiger partial charge in [-0.3, -0.25) is 9.69 Å². The van der Waals surface area contributed by atoms with E-state index in [1.807, 2.05) is 14.0 Å². The van der Waals surface area contributed by atoms with Gasteiger partial charge in [-0.2, -0.15) is 0 Å². The van der Waals surface area contributed by atoms with Crippen molar-refractivity contribution in [1.82, 2.24) is 15.1 Å². The molecule has 0 aromatic heterocycles. The number of piperidine rings is 1. The Balaban J connectivity index is 2.19. The molecule has 1 aliphatic heterocycles. The average molecular weight is 283 g/mol. The third kappa shape index (κ3) is 7.03. The first kappa shape index (κ1) is 17.1. The van der Waals surface area contributed by atoms with Crippen molar-refractivity contribution in [2.45, 2.75) is 25.9 Å². The second kappa shape index (κ2) is 9.10. The first-order chi connectivity index (χ1) is 9.51. The number of β-amino-alcohol motifs (C(OH)–C–C–N with tert-alkyl or cyclic N) is 1. The molecule has 0 saturated carbocycles. The Bertz CT molecular complexity index is 299. The van der Waals surface area contributed by atoms with Crippen LogP contribution in [0.2, 0.25) is 0 Å². The van der Waals surface area contributed by atoms with Crippen molar-refractivity contribution in [2.24, 2.45) is 5.92 Å². The van der Waals surface area contributed by atoms with Crippen molar-refractivity contribution in [3.8, 4) is 0 Å². The zero-order chi connectivity index (χ0) is 15.0. The minimum atomic E-state index is -0.247. The number of aliphatic hydroxyl groups excluding tert-OH is 1. The molecule has 1 saturated heterocycles. The van der Waals surface area contributed by atoms with Gasteiger partial charge in [0.05, 0.1) is 12.6 Å². The maximum absolute atomic E-state index is 11.6. The van der Waals surface area contributed by atoms with Gasteiger partial charge in [-0.25, -0.2) is 0 Å². The highest BCUT2D eigenvalue weighted by molar-refractivity contribution is 5.78. The molecular weight excluding hydrogens is 254 g/mol. The van der Waals surface area contributed by atoms with Crippen molar-refractivity contribution >= 4 is 5.91 Å². The standard InChI is InChI=1S/C15H29N3O2/c1-4-7-16-15(20)12-17(3)11-14-5-8-18(9-6-14)10-13(2)19/h4,13-14,19H,1,5-12H2,2-3H3,(H,16,20). The van der Waals surface area contributed by atoms with Crippen molar-refractivity contribution < 1.29 is 9.90 Å². The number of amides is 1. The predicted molar refractivity (Wildman–Crippen MR) is 81.5 cm³/mol. The van der Waals surface area contributed by atoms with Crippen LogP contribution in [0, 0.1) is 5.92 Å². The molecule has 0 bridgehead atoms. The summed E-state index contributed by atoms with van der Waals surface area (Å²) in [7, 11) is 2.00. The maximum atomic E-state index is 11.6. The van der Waals surface area contributed by atoms with E-state index >= 15 is 0 Å². The van der Waals surface area contributed by atoms with Crippen molar-refractivity contribution in [1.29, 1.82) is 0 Å². The monoisotopic (exact) mass is 283 g/mol. The van der Waals surface area contributed by atoms with E-state index < -0.39 is 0 Å². The van der Waals surface area contributed by atoms with E-state index in [-0.39, 0.29) is 12.0 Å². The van der Waals surface area contributed by atoms with Crippen LogP contribution in [0.5, 0.6) is 0 Å². The number of likely N-dealkylation sites (N-methyl/N-ethyl adjacent to an activating group) is 1. The van der Waals surface area contributed by atoms with Gasteiger partial charge in [0.1, 0.15) is 0 Å². The highest BCUT2D eigenvalue weighted by atomic mass is 16.3. The number of hydrogen-bond acceptors (Lipinski definition) is 4. The lowest BCUT2D eigenvalue weighted by Gasteiger charge is -2.34. The van der Waals surface area contributed by atoms with Crippen LogP contribution < -0.4 is 5.32 Å². The first-order valence-corrected chi connectivity index (χ1v) is 7.47. The quantitative estimate of drug-likeness (QED) is 0.630. The average Bonchev–Trinajstić information content (AvgIpc) is 2.38. The number of likely N-dealkylation sites (tertiary alicyclic amines) is 1. The fourth-order valence-corrected chi connectivity index (χ4v) is 2.72. The maximum Gasteiger partial charge on any atom is 0.234 e. The van der Waals surface area contributed by atoms with E-state index in [0.717, 1.165) is 39.0 Å². The van der Waals surface area contributed by atoms with E-state index in [9.17, 15) is 9.90 Å². The summed E-state index contributed by atoms with van der Waals surface area (Å²) in [4.78, 5) is 16.0. The molecule has 1 rings (SSSR count). The number of nitrogens with zero attached hydrogens (tertiary/aromatic N) is 2. The molecule has 5 heteroatoms. The first-order valence-electron chi connectivity index (χ1n) is 7.47. The van der Waals surface area contributed by atoms with Crippen LogP contribution in [0.3, 0.4) is 0 Å². The molecule has 1 amide bonds. The molecule has 1 atom stereocenters. The Hall–Kier alpha value is -0.910. The molecule has 1 heterocycles. The lowest BCUT2D eigenvalue weighted by Crippen LogP contribution is -2.42. The number of rotatable bonds is 8. The number of hydrogen-bond donors (Lipinski definition) is 2. The molecule has 0 aromatic carbocycles. The van der Waals surface area contributed by atoms with Gasteiger partial charge in [0.25, 0.3) is 0 Å². The molecule has 116 valence electrons. The van der Waals surface area contributed by atoms with Gasteiger partial charge in [0.2, 0.25) is 5.91 Å². The van der Waals surface area contributed by atoms with Crippen molar-refractivity contribution in [3.05, 3.63) is 12.7 Å². The van der Waals surface area contributed by atoms with Crippen LogP contribution in [0.1, 0.15) is 19.8 Å². The van der Waals surface area contributed by atoms with E-state index in [1.54, 1.807) is 6.08 Å². The molecule has 0 aromatic rings. The highest BCUT2D eigenvalue weighted by Crippen LogP contribution is 2.18. The second-order valence-corrected chi connectivity index (χ2v) is 5.88. The van der Waals surface area contributed by atoms with Crippen LogP contribution in [-0.4, -0.2) is 73.2 Å². The second-order valence-electron chi connectivity index (χ2n) is 5.88. The Labute approximate surface area is 122 Å². The molecule has 1 aliphatic rings. The summed E-state index contributed by atoms with van der Waals surface area (Å²) in [6.07, 6.45) is 3.73. The molecule has 0 aliphatic carbocycles. The third-order valence-electron chi connectivity index (χ3n) is 3.66. The lowest BCUT2D eigenvalue weighted by molar-refractivity contribution is -0.121. The lowest BCUT2D eigenvalue weighted by atomic mass is 9.96. The zero-order valence-electron chi connectivity index (χ0n) is 12.8.